The molecule has 134 valence electrons. The Labute approximate surface area is 147 Å². The molecule has 2 aromatic carbocycles. The molecule has 0 amide bonds. The van der Waals surface area contributed by atoms with Crippen molar-refractivity contribution < 1.29 is 18.3 Å². The molecule has 0 saturated heterocycles. The van der Waals surface area contributed by atoms with Gasteiger partial charge in [-0.25, -0.2) is 13.2 Å². The van der Waals surface area contributed by atoms with Crippen molar-refractivity contribution in [3.05, 3.63) is 54.1 Å². The lowest BCUT2D eigenvalue weighted by Crippen LogP contribution is -2.15. The van der Waals surface area contributed by atoms with E-state index in [1.165, 1.54) is 18.2 Å². The SMILES string of the molecule is CC(C)CCNc1ccc(S(=O)(=O)Nc2ccccc2)cc1C(=O)O. The molecular weight excluding hydrogens is 340 g/mol. The van der Waals surface area contributed by atoms with E-state index in [1.807, 2.05) is 0 Å². The van der Waals surface area contributed by atoms with Gasteiger partial charge in [0.15, 0.2) is 0 Å². The second-order valence-electron chi connectivity index (χ2n) is 6.09. The molecule has 0 heterocycles. The van der Waals surface area contributed by atoms with Crippen molar-refractivity contribution in [2.24, 2.45) is 5.92 Å². The number of sulfonamides is 1. The minimum Gasteiger partial charge on any atom is -0.478 e. The Kier molecular flexibility index (Phi) is 6.03. The normalized spacial score (nSPS) is 11.3. The van der Waals surface area contributed by atoms with Crippen LogP contribution in [0.25, 0.3) is 0 Å². The molecule has 0 aliphatic rings. The zero-order valence-electron chi connectivity index (χ0n) is 14.2. The predicted octanol–water partition coefficient (Wildman–Crippen LogP) is 3.64. The predicted molar refractivity (Wildman–Crippen MR) is 98.6 cm³/mol. The third kappa shape index (κ3) is 5.22. The molecule has 0 aliphatic heterocycles. The molecule has 0 aromatic heterocycles. The summed E-state index contributed by atoms with van der Waals surface area (Å²) in [6.45, 7) is 4.77. The largest absolute Gasteiger partial charge is 0.478 e. The van der Waals surface area contributed by atoms with Crippen LogP contribution in [0.5, 0.6) is 0 Å². The highest BCUT2D eigenvalue weighted by Gasteiger charge is 2.19. The van der Waals surface area contributed by atoms with Crippen molar-refractivity contribution in [1.82, 2.24) is 0 Å². The molecule has 2 rings (SSSR count). The van der Waals surface area contributed by atoms with Gasteiger partial charge in [-0.15, -0.1) is 0 Å². The highest BCUT2D eigenvalue weighted by molar-refractivity contribution is 7.92. The van der Waals surface area contributed by atoms with Crippen molar-refractivity contribution >= 4 is 27.4 Å². The summed E-state index contributed by atoms with van der Waals surface area (Å²) in [5.74, 6) is -0.695. The zero-order chi connectivity index (χ0) is 18.4. The van der Waals surface area contributed by atoms with Crippen LogP contribution in [-0.2, 0) is 10.0 Å². The number of para-hydroxylation sites is 1. The fraction of sp³-hybridized carbons (Fsp3) is 0.278. The van der Waals surface area contributed by atoms with Crippen LogP contribution < -0.4 is 10.0 Å². The highest BCUT2D eigenvalue weighted by Crippen LogP contribution is 2.23. The van der Waals surface area contributed by atoms with E-state index >= 15 is 0 Å². The summed E-state index contributed by atoms with van der Waals surface area (Å²) >= 11 is 0. The first-order chi connectivity index (χ1) is 11.8. The first-order valence-corrected chi connectivity index (χ1v) is 9.47. The average Bonchev–Trinajstić information content (AvgIpc) is 2.55. The number of carbonyl (C=O) groups is 1. The van der Waals surface area contributed by atoms with E-state index in [2.05, 4.69) is 23.9 Å². The smallest absolute Gasteiger partial charge is 0.337 e. The lowest BCUT2D eigenvalue weighted by Gasteiger charge is -2.13. The van der Waals surface area contributed by atoms with Gasteiger partial charge in [0.05, 0.1) is 10.5 Å². The van der Waals surface area contributed by atoms with Gasteiger partial charge in [0.2, 0.25) is 0 Å². The first-order valence-electron chi connectivity index (χ1n) is 7.98. The van der Waals surface area contributed by atoms with Crippen LogP contribution in [0, 0.1) is 5.92 Å². The summed E-state index contributed by atoms with van der Waals surface area (Å²) in [7, 11) is -3.86. The molecule has 0 saturated carbocycles. The lowest BCUT2D eigenvalue weighted by atomic mass is 10.1. The van der Waals surface area contributed by atoms with Gasteiger partial charge in [0.25, 0.3) is 10.0 Å². The number of aromatic carboxylic acids is 1. The standard InChI is InChI=1S/C18H22N2O4S/c1-13(2)10-11-19-17-9-8-15(12-16(17)18(21)22)25(23,24)20-14-6-4-3-5-7-14/h3-9,12-13,19-20H,10-11H2,1-2H3,(H,21,22). The van der Waals surface area contributed by atoms with Crippen molar-refractivity contribution in [1.29, 1.82) is 0 Å². The molecule has 0 radical (unpaired) electrons. The molecule has 0 spiro atoms. The van der Waals surface area contributed by atoms with Crippen molar-refractivity contribution in [2.45, 2.75) is 25.2 Å². The molecule has 0 aliphatic carbocycles. The second-order valence-corrected chi connectivity index (χ2v) is 7.78. The Morgan fingerprint density at radius 3 is 2.40 bits per heavy atom. The van der Waals surface area contributed by atoms with E-state index in [0.717, 1.165) is 6.42 Å². The number of anilines is 2. The van der Waals surface area contributed by atoms with Crippen LogP contribution in [0.4, 0.5) is 11.4 Å². The number of hydrogen-bond donors (Lipinski definition) is 3. The van der Waals surface area contributed by atoms with Gasteiger partial charge in [-0.3, -0.25) is 4.72 Å². The number of carboxylic acids is 1. The average molecular weight is 362 g/mol. The monoisotopic (exact) mass is 362 g/mol. The Bertz CT molecular complexity index is 833. The zero-order valence-corrected chi connectivity index (χ0v) is 15.0. The Morgan fingerprint density at radius 2 is 1.80 bits per heavy atom. The van der Waals surface area contributed by atoms with Gasteiger partial charge in [-0.05, 0) is 42.7 Å². The van der Waals surface area contributed by atoms with E-state index in [-0.39, 0.29) is 10.5 Å². The van der Waals surface area contributed by atoms with Crippen LogP contribution in [-0.4, -0.2) is 26.0 Å². The summed E-state index contributed by atoms with van der Waals surface area (Å²) in [4.78, 5) is 11.4. The maximum Gasteiger partial charge on any atom is 0.337 e. The molecule has 2 aromatic rings. The third-order valence-electron chi connectivity index (χ3n) is 3.59. The minimum atomic E-state index is -3.86. The first kappa shape index (κ1) is 18.8. The summed E-state index contributed by atoms with van der Waals surface area (Å²) in [5.41, 5.74) is 0.755. The quantitative estimate of drug-likeness (QED) is 0.666. The molecule has 0 atom stereocenters. The van der Waals surface area contributed by atoms with Crippen molar-refractivity contribution in [3.63, 3.8) is 0 Å². The minimum absolute atomic E-state index is 0.0697. The van der Waals surface area contributed by atoms with Gasteiger partial charge >= 0.3 is 5.97 Å². The summed E-state index contributed by atoms with van der Waals surface area (Å²) in [5, 5.41) is 12.5. The lowest BCUT2D eigenvalue weighted by molar-refractivity contribution is 0.0697. The summed E-state index contributed by atoms with van der Waals surface area (Å²) in [6.07, 6.45) is 0.884. The van der Waals surface area contributed by atoms with Crippen LogP contribution >= 0.6 is 0 Å². The molecule has 6 nitrogen and oxygen atoms in total. The Morgan fingerprint density at radius 1 is 1.12 bits per heavy atom. The highest BCUT2D eigenvalue weighted by atomic mass is 32.2. The van der Waals surface area contributed by atoms with Gasteiger partial charge in [-0.2, -0.15) is 0 Å². The van der Waals surface area contributed by atoms with Crippen molar-refractivity contribution in [3.8, 4) is 0 Å². The third-order valence-corrected chi connectivity index (χ3v) is 4.97. The maximum atomic E-state index is 12.5. The molecule has 0 bridgehead atoms. The second kappa shape index (κ2) is 8.02. The number of benzene rings is 2. The van der Waals surface area contributed by atoms with E-state index in [0.29, 0.717) is 23.8 Å². The van der Waals surface area contributed by atoms with Gasteiger partial charge in [0, 0.05) is 17.9 Å². The fourth-order valence-corrected chi connectivity index (χ4v) is 3.32. The van der Waals surface area contributed by atoms with Gasteiger partial charge < -0.3 is 10.4 Å². The van der Waals surface area contributed by atoms with E-state index < -0.39 is 16.0 Å². The molecule has 25 heavy (non-hydrogen) atoms. The number of rotatable bonds is 8. The van der Waals surface area contributed by atoms with Crippen LogP contribution in [0.3, 0.4) is 0 Å². The van der Waals surface area contributed by atoms with E-state index in [1.54, 1.807) is 30.3 Å². The van der Waals surface area contributed by atoms with Crippen LogP contribution in [0.15, 0.2) is 53.4 Å². The van der Waals surface area contributed by atoms with E-state index in [9.17, 15) is 18.3 Å². The molecule has 0 fully saturated rings. The van der Waals surface area contributed by atoms with Gasteiger partial charge in [-0.1, -0.05) is 32.0 Å². The molecule has 7 heteroatoms. The van der Waals surface area contributed by atoms with Crippen LogP contribution in [0.2, 0.25) is 0 Å². The molecular formula is C18H22N2O4S. The fourth-order valence-electron chi connectivity index (χ4n) is 2.24. The Hall–Kier alpha value is -2.54. The van der Waals surface area contributed by atoms with Gasteiger partial charge in [0.1, 0.15) is 0 Å². The summed E-state index contributed by atoms with van der Waals surface area (Å²) in [6, 6.07) is 12.5. The number of nitrogens with one attached hydrogen (secondary N) is 2. The molecule has 3 N–H and O–H groups in total. The topological polar surface area (TPSA) is 95.5 Å². The number of hydrogen-bond acceptors (Lipinski definition) is 4. The van der Waals surface area contributed by atoms with Crippen molar-refractivity contribution in [2.75, 3.05) is 16.6 Å². The maximum absolute atomic E-state index is 12.5. The Balaban J connectivity index is 2.27. The number of carboxylic acid groups (broad SMARTS) is 1. The van der Waals surface area contributed by atoms with Crippen LogP contribution in [0.1, 0.15) is 30.6 Å². The molecule has 0 unspecified atom stereocenters. The summed E-state index contributed by atoms with van der Waals surface area (Å²) < 4.78 is 27.4. The van der Waals surface area contributed by atoms with E-state index in [4.69, 9.17) is 0 Å².